The number of amides is 1. The molecule has 4 heteroatoms. The van der Waals surface area contributed by atoms with E-state index in [0.29, 0.717) is 19.0 Å². The van der Waals surface area contributed by atoms with E-state index in [9.17, 15) is 4.79 Å². The summed E-state index contributed by atoms with van der Waals surface area (Å²) in [6.45, 7) is 11.1. The van der Waals surface area contributed by atoms with Crippen molar-refractivity contribution in [2.45, 2.75) is 52.2 Å². The van der Waals surface area contributed by atoms with Gasteiger partial charge in [-0.05, 0) is 53.5 Å². The fraction of sp³-hybridized carbons (Fsp3) is 0.917. The minimum Gasteiger partial charge on any atom is -0.444 e. The van der Waals surface area contributed by atoms with E-state index in [-0.39, 0.29) is 11.6 Å². The molecule has 1 fully saturated rings. The number of nitrogens with two attached hydrogens (primary N) is 1. The second-order valence-corrected chi connectivity index (χ2v) is 6.21. The molecule has 0 unspecified atom stereocenters. The molecule has 0 aromatic carbocycles. The molecule has 4 nitrogen and oxygen atoms in total. The average Bonchev–Trinajstić information content (AvgIpc) is 2.37. The number of nitrogens with zero attached hydrogens (tertiary/aromatic N) is 1. The molecule has 2 N–H and O–H groups in total. The molecule has 1 aliphatic rings. The topological polar surface area (TPSA) is 55.6 Å². The Kier molecular flexibility index (Phi) is 3.53. The Morgan fingerprint density at radius 1 is 1.50 bits per heavy atom. The average molecular weight is 228 g/mol. The molecule has 1 saturated heterocycles. The van der Waals surface area contributed by atoms with Crippen molar-refractivity contribution in [3.63, 3.8) is 0 Å². The van der Waals surface area contributed by atoms with E-state index in [0.717, 1.165) is 6.42 Å². The van der Waals surface area contributed by atoms with Gasteiger partial charge in [-0.2, -0.15) is 0 Å². The van der Waals surface area contributed by atoms with Crippen LogP contribution in [0, 0.1) is 5.92 Å². The van der Waals surface area contributed by atoms with E-state index in [1.807, 2.05) is 20.8 Å². The minimum absolute atomic E-state index is 0.146. The van der Waals surface area contributed by atoms with Gasteiger partial charge >= 0.3 is 6.09 Å². The lowest BCUT2D eigenvalue weighted by atomic mass is 9.97. The summed E-state index contributed by atoms with van der Waals surface area (Å²) in [5.41, 5.74) is 5.08. The number of hydrogen-bond acceptors (Lipinski definition) is 3. The Balaban J connectivity index is 2.69. The second-order valence-electron chi connectivity index (χ2n) is 6.21. The van der Waals surface area contributed by atoms with Crippen LogP contribution in [0.25, 0.3) is 0 Å². The third-order valence-electron chi connectivity index (χ3n) is 2.91. The van der Waals surface area contributed by atoms with Gasteiger partial charge in [0.15, 0.2) is 0 Å². The highest BCUT2D eigenvalue weighted by Gasteiger charge is 2.42. The summed E-state index contributed by atoms with van der Waals surface area (Å²) in [5.74, 6) is 0.391. The summed E-state index contributed by atoms with van der Waals surface area (Å²) in [6, 6.07) is 0. The highest BCUT2D eigenvalue weighted by Crippen LogP contribution is 2.33. The molecular weight excluding hydrogens is 204 g/mol. The zero-order chi connectivity index (χ0) is 12.6. The van der Waals surface area contributed by atoms with Crippen LogP contribution < -0.4 is 5.73 Å². The zero-order valence-electron chi connectivity index (χ0n) is 11.0. The Hall–Kier alpha value is -0.770. The van der Waals surface area contributed by atoms with E-state index in [2.05, 4.69) is 13.8 Å². The zero-order valence-corrected chi connectivity index (χ0v) is 11.0. The lowest BCUT2D eigenvalue weighted by Crippen LogP contribution is -2.45. The third-order valence-corrected chi connectivity index (χ3v) is 2.91. The monoisotopic (exact) mass is 228 g/mol. The van der Waals surface area contributed by atoms with Crippen LogP contribution >= 0.6 is 0 Å². The lowest BCUT2D eigenvalue weighted by Gasteiger charge is -2.33. The molecular formula is C12H24N2O2. The lowest BCUT2D eigenvalue weighted by molar-refractivity contribution is 0.0131. The van der Waals surface area contributed by atoms with Crippen molar-refractivity contribution in [1.82, 2.24) is 4.90 Å². The molecule has 1 atom stereocenters. The van der Waals surface area contributed by atoms with Crippen LogP contribution in [0.1, 0.15) is 41.0 Å². The summed E-state index contributed by atoms with van der Waals surface area (Å²) in [7, 11) is 0. The van der Waals surface area contributed by atoms with Crippen molar-refractivity contribution in [2.24, 2.45) is 11.7 Å². The number of ether oxygens (including phenoxy) is 1. The van der Waals surface area contributed by atoms with Gasteiger partial charge in [-0.15, -0.1) is 0 Å². The summed E-state index contributed by atoms with van der Waals surface area (Å²) in [4.78, 5) is 13.8. The maximum absolute atomic E-state index is 12.0. The van der Waals surface area contributed by atoms with Gasteiger partial charge in [0.2, 0.25) is 0 Å². The smallest absolute Gasteiger partial charge is 0.410 e. The van der Waals surface area contributed by atoms with Crippen molar-refractivity contribution < 1.29 is 9.53 Å². The van der Waals surface area contributed by atoms with Crippen molar-refractivity contribution in [3.05, 3.63) is 0 Å². The molecule has 0 radical (unpaired) electrons. The van der Waals surface area contributed by atoms with E-state index >= 15 is 0 Å². The van der Waals surface area contributed by atoms with E-state index in [1.165, 1.54) is 0 Å². The highest BCUT2D eigenvalue weighted by molar-refractivity contribution is 5.69. The van der Waals surface area contributed by atoms with Gasteiger partial charge in [0.25, 0.3) is 0 Å². The van der Waals surface area contributed by atoms with Gasteiger partial charge in [0.05, 0.1) is 0 Å². The molecule has 0 aromatic rings. The number of likely N-dealkylation sites (tertiary alicyclic amines) is 1. The van der Waals surface area contributed by atoms with Crippen LogP contribution in [0.5, 0.6) is 0 Å². The molecule has 0 aromatic heterocycles. The van der Waals surface area contributed by atoms with Gasteiger partial charge < -0.3 is 15.4 Å². The predicted octanol–water partition coefficient (Wildman–Crippen LogP) is 1.98. The largest absolute Gasteiger partial charge is 0.444 e. The molecule has 1 aliphatic heterocycles. The molecule has 0 aliphatic carbocycles. The highest BCUT2D eigenvalue weighted by atomic mass is 16.6. The van der Waals surface area contributed by atoms with E-state index in [4.69, 9.17) is 10.5 Å². The minimum atomic E-state index is -0.437. The SMILES string of the molecule is CC(C)(C)OC(=O)N1C[C@H](CN)CC1(C)C. The van der Waals surface area contributed by atoms with Crippen LogP contribution in [-0.2, 0) is 4.74 Å². The first-order chi connectivity index (χ1) is 7.15. The van der Waals surface area contributed by atoms with Crippen LogP contribution in [-0.4, -0.2) is 35.2 Å². The van der Waals surface area contributed by atoms with Crippen molar-refractivity contribution in [2.75, 3.05) is 13.1 Å². The summed E-state index contributed by atoms with van der Waals surface area (Å²) >= 11 is 0. The molecule has 16 heavy (non-hydrogen) atoms. The molecule has 0 saturated carbocycles. The number of hydrogen-bond donors (Lipinski definition) is 1. The van der Waals surface area contributed by atoms with E-state index < -0.39 is 5.60 Å². The second kappa shape index (κ2) is 4.24. The van der Waals surface area contributed by atoms with Gasteiger partial charge in [0, 0.05) is 12.1 Å². The van der Waals surface area contributed by atoms with Crippen LogP contribution in [0.2, 0.25) is 0 Å². The Bertz CT molecular complexity index is 269. The molecule has 94 valence electrons. The van der Waals surface area contributed by atoms with Crippen molar-refractivity contribution in [3.8, 4) is 0 Å². The fourth-order valence-corrected chi connectivity index (χ4v) is 2.18. The maximum atomic E-state index is 12.0. The Labute approximate surface area is 98.1 Å². The quantitative estimate of drug-likeness (QED) is 0.746. The first-order valence-corrected chi connectivity index (χ1v) is 5.86. The van der Waals surface area contributed by atoms with Gasteiger partial charge in [-0.25, -0.2) is 4.79 Å². The Morgan fingerprint density at radius 2 is 2.06 bits per heavy atom. The first-order valence-electron chi connectivity index (χ1n) is 5.86. The normalized spacial score (nSPS) is 24.6. The van der Waals surface area contributed by atoms with Gasteiger partial charge in [-0.3, -0.25) is 0 Å². The molecule has 0 bridgehead atoms. The van der Waals surface area contributed by atoms with Crippen molar-refractivity contribution >= 4 is 6.09 Å². The maximum Gasteiger partial charge on any atom is 0.410 e. The van der Waals surface area contributed by atoms with E-state index in [1.54, 1.807) is 4.90 Å². The summed E-state index contributed by atoms with van der Waals surface area (Å²) in [5, 5.41) is 0. The molecule has 1 rings (SSSR count). The third kappa shape index (κ3) is 3.11. The summed E-state index contributed by atoms with van der Waals surface area (Å²) < 4.78 is 5.40. The fourth-order valence-electron chi connectivity index (χ4n) is 2.18. The first kappa shape index (κ1) is 13.3. The van der Waals surface area contributed by atoms with Crippen molar-refractivity contribution in [1.29, 1.82) is 0 Å². The molecule has 1 amide bonds. The molecule has 0 spiro atoms. The van der Waals surface area contributed by atoms with Crippen LogP contribution in [0.4, 0.5) is 4.79 Å². The number of carbonyl (C=O) groups excluding carboxylic acids is 1. The molecule has 1 heterocycles. The Morgan fingerprint density at radius 3 is 2.44 bits per heavy atom. The summed E-state index contributed by atoms with van der Waals surface area (Å²) in [6.07, 6.45) is 0.719. The van der Waals surface area contributed by atoms with Gasteiger partial charge in [0.1, 0.15) is 5.60 Å². The number of carbonyl (C=O) groups is 1. The van der Waals surface area contributed by atoms with Crippen LogP contribution in [0.3, 0.4) is 0 Å². The standard InChI is InChI=1S/C12H24N2O2/c1-11(2,3)16-10(15)14-8-9(7-13)6-12(14,4)5/h9H,6-8,13H2,1-5H3/t9-/m0/s1. The van der Waals surface area contributed by atoms with Crippen LogP contribution in [0.15, 0.2) is 0 Å². The predicted molar refractivity (Wildman–Crippen MR) is 64.2 cm³/mol. The number of rotatable bonds is 1. The van der Waals surface area contributed by atoms with Gasteiger partial charge in [-0.1, -0.05) is 0 Å².